The van der Waals surface area contributed by atoms with Gasteiger partial charge in [-0.05, 0) is 43.9 Å². The van der Waals surface area contributed by atoms with Gasteiger partial charge in [0.25, 0.3) is 0 Å². The van der Waals surface area contributed by atoms with E-state index in [1.165, 1.54) is 22.3 Å². The van der Waals surface area contributed by atoms with Gasteiger partial charge in [-0.3, -0.25) is 0 Å². The Labute approximate surface area is 93.3 Å². The predicted octanol–water partition coefficient (Wildman–Crippen LogP) is 4.84. The van der Waals surface area contributed by atoms with Gasteiger partial charge in [0.1, 0.15) is 0 Å². The van der Waals surface area contributed by atoms with Gasteiger partial charge in [0.05, 0.1) is 0 Å². The van der Waals surface area contributed by atoms with Gasteiger partial charge in [0.15, 0.2) is 0 Å². The minimum atomic E-state index is 1.11. The molecular weight excluding hydrogens is 180 g/mol. The normalized spacial score (nSPS) is 13.7. The second-order valence-corrected chi connectivity index (χ2v) is 3.85. The van der Waals surface area contributed by atoms with Crippen molar-refractivity contribution in [3.8, 4) is 0 Å². The maximum atomic E-state index is 2.22. The van der Waals surface area contributed by atoms with E-state index in [-0.39, 0.29) is 0 Å². The topological polar surface area (TPSA) is 0 Å². The van der Waals surface area contributed by atoms with Crippen molar-refractivity contribution in [2.24, 2.45) is 0 Å². The average Bonchev–Trinajstić information content (AvgIpc) is 2.30. The monoisotopic (exact) mass is 200 g/mol. The van der Waals surface area contributed by atoms with Gasteiger partial charge in [-0.25, -0.2) is 0 Å². The molecule has 1 rings (SSSR count). The Bertz CT molecular complexity index is 366. The van der Waals surface area contributed by atoms with Crippen LogP contribution in [-0.2, 0) is 0 Å². The molecule has 0 fully saturated rings. The highest BCUT2D eigenvalue weighted by molar-refractivity contribution is 5.80. The molecule has 0 aliphatic heterocycles. The van der Waals surface area contributed by atoms with Gasteiger partial charge < -0.3 is 0 Å². The summed E-state index contributed by atoms with van der Waals surface area (Å²) < 4.78 is 0. The van der Waals surface area contributed by atoms with Crippen LogP contribution in [0.5, 0.6) is 0 Å². The second-order valence-electron chi connectivity index (χ2n) is 3.85. The van der Waals surface area contributed by atoms with E-state index in [9.17, 15) is 0 Å². The van der Waals surface area contributed by atoms with Gasteiger partial charge in [0.2, 0.25) is 0 Å². The molecule has 0 saturated heterocycles. The standard InChI is InChI=1S/C15H20/c1-5-12(3)15(13(4)6-2)14-10-8-7-9-11-14/h5,7-11H,6H2,1-4H3/b12-5-,15-13+. The lowest BCUT2D eigenvalue weighted by Gasteiger charge is -2.12. The third-order valence-corrected chi connectivity index (χ3v) is 2.85. The molecule has 15 heavy (non-hydrogen) atoms. The van der Waals surface area contributed by atoms with Gasteiger partial charge in [-0.15, -0.1) is 0 Å². The molecule has 1 aromatic rings. The molecule has 0 nitrogen and oxygen atoms in total. The van der Waals surface area contributed by atoms with E-state index in [0.717, 1.165) is 6.42 Å². The first-order valence-electron chi connectivity index (χ1n) is 5.59. The molecule has 0 amide bonds. The SMILES string of the molecule is C/C=C(C)\C(=C(\C)CC)c1ccccc1. The first-order chi connectivity index (χ1) is 7.20. The smallest absolute Gasteiger partial charge is 0.0169 e. The largest absolute Gasteiger partial charge is 0.0841 e. The Kier molecular flexibility index (Phi) is 4.36. The van der Waals surface area contributed by atoms with Crippen LogP contribution in [0.1, 0.15) is 39.7 Å². The van der Waals surface area contributed by atoms with E-state index >= 15 is 0 Å². The Morgan fingerprint density at radius 3 is 2.20 bits per heavy atom. The Hall–Kier alpha value is -1.30. The molecule has 0 unspecified atom stereocenters. The van der Waals surface area contributed by atoms with E-state index in [4.69, 9.17) is 0 Å². The summed E-state index contributed by atoms with van der Waals surface area (Å²) in [5.74, 6) is 0. The molecule has 0 atom stereocenters. The van der Waals surface area contributed by atoms with Crippen LogP contribution in [0.4, 0.5) is 0 Å². The van der Waals surface area contributed by atoms with Crippen LogP contribution in [0.2, 0.25) is 0 Å². The molecular formula is C15H20. The summed E-state index contributed by atoms with van der Waals surface area (Å²) in [4.78, 5) is 0. The minimum absolute atomic E-state index is 1.11. The molecule has 0 spiro atoms. The Morgan fingerprint density at radius 1 is 1.13 bits per heavy atom. The quantitative estimate of drug-likeness (QED) is 0.613. The molecule has 0 heteroatoms. The molecule has 0 aliphatic rings. The van der Waals surface area contributed by atoms with Gasteiger partial charge >= 0.3 is 0 Å². The molecule has 0 aliphatic carbocycles. The molecule has 0 saturated carbocycles. The van der Waals surface area contributed by atoms with Crippen LogP contribution in [0.3, 0.4) is 0 Å². The predicted molar refractivity (Wildman–Crippen MR) is 68.8 cm³/mol. The van der Waals surface area contributed by atoms with Gasteiger partial charge in [-0.2, -0.15) is 0 Å². The number of rotatable bonds is 3. The third-order valence-electron chi connectivity index (χ3n) is 2.85. The van der Waals surface area contributed by atoms with E-state index in [2.05, 4.69) is 64.1 Å². The number of hydrogen-bond donors (Lipinski definition) is 0. The maximum absolute atomic E-state index is 2.22. The van der Waals surface area contributed by atoms with Gasteiger partial charge in [0, 0.05) is 0 Å². The fourth-order valence-corrected chi connectivity index (χ4v) is 1.74. The molecule has 0 N–H and O–H groups in total. The maximum Gasteiger partial charge on any atom is -0.0169 e. The molecule has 1 aromatic carbocycles. The number of benzene rings is 1. The minimum Gasteiger partial charge on any atom is -0.0841 e. The summed E-state index contributed by atoms with van der Waals surface area (Å²) in [7, 11) is 0. The summed E-state index contributed by atoms with van der Waals surface area (Å²) in [6.07, 6.45) is 3.29. The highest BCUT2D eigenvalue weighted by Gasteiger charge is 2.05. The van der Waals surface area contributed by atoms with Crippen molar-refractivity contribution in [3.63, 3.8) is 0 Å². The van der Waals surface area contributed by atoms with Crippen molar-refractivity contribution >= 4 is 5.57 Å². The lowest BCUT2D eigenvalue weighted by atomic mass is 9.93. The lowest BCUT2D eigenvalue weighted by Crippen LogP contribution is -1.90. The number of hydrogen-bond acceptors (Lipinski definition) is 0. The van der Waals surface area contributed by atoms with Gasteiger partial charge in [-0.1, -0.05) is 48.9 Å². The summed E-state index contributed by atoms with van der Waals surface area (Å²) in [5, 5.41) is 0. The Morgan fingerprint density at radius 2 is 1.73 bits per heavy atom. The zero-order valence-corrected chi connectivity index (χ0v) is 10.2. The van der Waals surface area contributed by atoms with E-state index in [1.807, 2.05) is 0 Å². The lowest BCUT2D eigenvalue weighted by molar-refractivity contribution is 1.10. The third kappa shape index (κ3) is 2.82. The van der Waals surface area contributed by atoms with Crippen LogP contribution in [0, 0.1) is 0 Å². The van der Waals surface area contributed by atoms with Crippen LogP contribution >= 0.6 is 0 Å². The van der Waals surface area contributed by atoms with Crippen LogP contribution < -0.4 is 0 Å². The van der Waals surface area contributed by atoms with Crippen molar-refractivity contribution in [2.75, 3.05) is 0 Å². The van der Waals surface area contributed by atoms with Crippen LogP contribution in [-0.4, -0.2) is 0 Å². The summed E-state index contributed by atoms with van der Waals surface area (Å²) in [5.41, 5.74) is 5.55. The first kappa shape index (κ1) is 11.8. The molecule has 0 aromatic heterocycles. The van der Waals surface area contributed by atoms with Crippen molar-refractivity contribution in [2.45, 2.75) is 34.1 Å². The fraction of sp³-hybridized carbons (Fsp3) is 0.333. The van der Waals surface area contributed by atoms with Crippen molar-refractivity contribution in [1.82, 2.24) is 0 Å². The van der Waals surface area contributed by atoms with E-state index < -0.39 is 0 Å². The van der Waals surface area contributed by atoms with E-state index in [1.54, 1.807) is 0 Å². The number of allylic oxidation sites excluding steroid dienone is 4. The van der Waals surface area contributed by atoms with Crippen LogP contribution in [0.25, 0.3) is 5.57 Å². The zero-order chi connectivity index (χ0) is 11.3. The summed E-state index contributed by atoms with van der Waals surface area (Å²) >= 11 is 0. The molecule has 0 radical (unpaired) electrons. The Balaban J connectivity index is 3.27. The van der Waals surface area contributed by atoms with Crippen molar-refractivity contribution in [3.05, 3.63) is 53.1 Å². The van der Waals surface area contributed by atoms with Crippen molar-refractivity contribution < 1.29 is 0 Å². The average molecular weight is 200 g/mol. The fourth-order valence-electron chi connectivity index (χ4n) is 1.74. The summed E-state index contributed by atoms with van der Waals surface area (Å²) in [6.45, 7) is 8.71. The molecule has 0 heterocycles. The van der Waals surface area contributed by atoms with Crippen LogP contribution in [0.15, 0.2) is 47.6 Å². The van der Waals surface area contributed by atoms with Crippen molar-refractivity contribution in [1.29, 1.82) is 0 Å². The van der Waals surface area contributed by atoms with E-state index in [0.29, 0.717) is 0 Å². The zero-order valence-electron chi connectivity index (χ0n) is 10.2. The first-order valence-corrected chi connectivity index (χ1v) is 5.59. The molecule has 80 valence electrons. The highest BCUT2D eigenvalue weighted by Crippen LogP contribution is 2.27. The summed E-state index contributed by atoms with van der Waals surface area (Å²) in [6, 6.07) is 10.6. The second kappa shape index (κ2) is 5.55. The highest BCUT2D eigenvalue weighted by atomic mass is 14.1. The molecule has 0 bridgehead atoms.